The summed E-state index contributed by atoms with van der Waals surface area (Å²) < 4.78 is 0. The van der Waals surface area contributed by atoms with Gasteiger partial charge in [0.15, 0.2) is 0 Å². The van der Waals surface area contributed by atoms with Gasteiger partial charge in [0.1, 0.15) is 0 Å². The average molecular weight is 245 g/mol. The van der Waals surface area contributed by atoms with Crippen molar-refractivity contribution in [3.05, 3.63) is 33.8 Å². The van der Waals surface area contributed by atoms with Gasteiger partial charge in [-0.1, -0.05) is 29.3 Å². The second-order valence-corrected chi connectivity index (χ2v) is 3.60. The second kappa shape index (κ2) is 5.00. The standard InChI is InChI=1S/C9H10Cl2N4/c1-15(9(12)13)14-5-6-7(10)3-2-4-8(6)11/h2-5H,1H3,(H3,12,13)/b14-5+. The summed E-state index contributed by atoms with van der Waals surface area (Å²) in [6, 6.07) is 5.17. The molecule has 0 heterocycles. The topological polar surface area (TPSA) is 65.5 Å². The predicted molar refractivity (Wildman–Crippen MR) is 63.7 cm³/mol. The maximum absolute atomic E-state index is 7.10. The Kier molecular flexibility index (Phi) is 3.94. The third-order valence-electron chi connectivity index (χ3n) is 1.71. The number of rotatable bonds is 2. The molecule has 1 rings (SSSR count). The summed E-state index contributed by atoms with van der Waals surface area (Å²) in [4.78, 5) is 0. The van der Waals surface area contributed by atoms with Gasteiger partial charge in [0.2, 0.25) is 5.96 Å². The maximum atomic E-state index is 7.10. The number of guanidine groups is 1. The lowest BCUT2D eigenvalue weighted by molar-refractivity contribution is 0.536. The molecule has 0 unspecified atom stereocenters. The summed E-state index contributed by atoms with van der Waals surface area (Å²) in [5.41, 5.74) is 5.81. The molecule has 0 spiro atoms. The zero-order valence-corrected chi connectivity index (χ0v) is 9.55. The predicted octanol–water partition coefficient (Wildman–Crippen LogP) is 2.15. The van der Waals surface area contributed by atoms with Crippen LogP contribution in [0.15, 0.2) is 23.3 Å². The minimum atomic E-state index is -0.158. The van der Waals surface area contributed by atoms with E-state index in [2.05, 4.69) is 5.10 Å². The first kappa shape index (κ1) is 11.8. The van der Waals surface area contributed by atoms with Crippen LogP contribution < -0.4 is 5.73 Å². The van der Waals surface area contributed by atoms with Gasteiger partial charge < -0.3 is 5.73 Å². The van der Waals surface area contributed by atoms with E-state index in [9.17, 15) is 0 Å². The lowest BCUT2D eigenvalue weighted by Crippen LogP contribution is -2.28. The largest absolute Gasteiger partial charge is 0.369 e. The highest BCUT2D eigenvalue weighted by Crippen LogP contribution is 2.22. The lowest BCUT2D eigenvalue weighted by Gasteiger charge is -2.09. The van der Waals surface area contributed by atoms with Crippen molar-refractivity contribution < 1.29 is 0 Å². The molecule has 15 heavy (non-hydrogen) atoms. The fourth-order valence-corrected chi connectivity index (χ4v) is 1.34. The first-order valence-corrected chi connectivity index (χ1v) is 4.83. The molecular weight excluding hydrogens is 235 g/mol. The highest BCUT2D eigenvalue weighted by Gasteiger charge is 2.02. The molecule has 0 saturated carbocycles. The van der Waals surface area contributed by atoms with Crippen molar-refractivity contribution >= 4 is 35.4 Å². The van der Waals surface area contributed by atoms with Gasteiger partial charge in [-0.05, 0) is 12.1 Å². The van der Waals surface area contributed by atoms with Gasteiger partial charge in [-0.2, -0.15) is 5.10 Å². The highest BCUT2D eigenvalue weighted by molar-refractivity contribution is 6.38. The van der Waals surface area contributed by atoms with E-state index in [1.807, 2.05) is 0 Å². The summed E-state index contributed by atoms with van der Waals surface area (Å²) in [7, 11) is 1.56. The Morgan fingerprint density at radius 2 is 2.00 bits per heavy atom. The van der Waals surface area contributed by atoms with Crippen LogP contribution in [0.5, 0.6) is 0 Å². The number of hydrazone groups is 1. The van der Waals surface area contributed by atoms with Gasteiger partial charge in [0, 0.05) is 12.6 Å². The van der Waals surface area contributed by atoms with E-state index in [0.717, 1.165) is 0 Å². The molecule has 0 aromatic heterocycles. The Hall–Kier alpha value is -1.26. The number of benzene rings is 1. The van der Waals surface area contributed by atoms with Crippen molar-refractivity contribution in [3.63, 3.8) is 0 Å². The van der Waals surface area contributed by atoms with Crippen molar-refractivity contribution in [2.75, 3.05) is 7.05 Å². The second-order valence-electron chi connectivity index (χ2n) is 2.79. The summed E-state index contributed by atoms with van der Waals surface area (Å²) in [6.07, 6.45) is 1.46. The van der Waals surface area contributed by atoms with Crippen LogP contribution in [0.25, 0.3) is 0 Å². The van der Waals surface area contributed by atoms with Gasteiger partial charge in [-0.25, -0.2) is 5.01 Å². The molecule has 0 atom stereocenters. The average Bonchev–Trinajstić information content (AvgIpc) is 2.16. The molecule has 4 nitrogen and oxygen atoms in total. The molecule has 3 N–H and O–H groups in total. The van der Waals surface area contributed by atoms with E-state index in [4.69, 9.17) is 34.3 Å². The van der Waals surface area contributed by atoms with E-state index < -0.39 is 0 Å². The van der Waals surface area contributed by atoms with Crippen LogP contribution in [-0.2, 0) is 0 Å². The number of halogens is 2. The first-order chi connectivity index (χ1) is 7.02. The fourth-order valence-electron chi connectivity index (χ4n) is 0.841. The van der Waals surface area contributed by atoms with Crippen LogP contribution in [0, 0.1) is 5.41 Å². The molecule has 0 aliphatic rings. The Morgan fingerprint density at radius 1 is 1.47 bits per heavy atom. The molecular formula is C9H10Cl2N4. The van der Waals surface area contributed by atoms with Crippen LogP contribution in [0.2, 0.25) is 10.0 Å². The Morgan fingerprint density at radius 3 is 2.47 bits per heavy atom. The number of nitrogens with zero attached hydrogens (tertiary/aromatic N) is 2. The molecule has 0 saturated heterocycles. The lowest BCUT2D eigenvalue weighted by atomic mass is 10.2. The molecule has 0 bridgehead atoms. The minimum Gasteiger partial charge on any atom is -0.369 e. The molecule has 1 aromatic rings. The van der Waals surface area contributed by atoms with Crippen LogP contribution >= 0.6 is 23.2 Å². The maximum Gasteiger partial charge on any atom is 0.208 e. The Balaban J connectivity index is 2.94. The highest BCUT2D eigenvalue weighted by atomic mass is 35.5. The zero-order valence-electron chi connectivity index (χ0n) is 8.04. The normalized spacial score (nSPS) is 10.6. The molecule has 0 radical (unpaired) electrons. The van der Waals surface area contributed by atoms with Gasteiger partial charge in [-0.3, -0.25) is 5.41 Å². The quantitative estimate of drug-likeness (QED) is 0.476. The van der Waals surface area contributed by atoms with Crippen LogP contribution in [0.1, 0.15) is 5.56 Å². The van der Waals surface area contributed by atoms with E-state index in [0.29, 0.717) is 15.6 Å². The Bertz CT molecular complexity index is 383. The van der Waals surface area contributed by atoms with Crippen LogP contribution in [0.3, 0.4) is 0 Å². The number of nitrogens with two attached hydrogens (primary N) is 1. The van der Waals surface area contributed by atoms with E-state index in [1.54, 1.807) is 25.2 Å². The van der Waals surface area contributed by atoms with Crippen molar-refractivity contribution in [1.82, 2.24) is 5.01 Å². The van der Waals surface area contributed by atoms with Gasteiger partial charge >= 0.3 is 0 Å². The van der Waals surface area contributed by atoms with Crippen molar-refractivity contribution in [2.45, 2.75) is 0 Å². The molecule has 6 heteroatoms. The summed E-state index contributed by atoms with van der Waals surface area (Å²) in [5, 5.41) is 13.2. The third-order valence-corrected chi connectivity index (χ3v) is 2.37. The minimum absolute atomic E-state index is 0.158. The zero-order chi connectivity index (χ0) is 11.4. The number of hydrogen-bond acceptors (Lipinski definition) is 2. The van der Waals surface area contributed by atoms with E-state index in [1.165, 1.54) is 11.2 Å². The summed E-state index contributed by atoms with van der Waals surface area (Å²) in [5.74, 6) is -0.158. The molecule has 0 aliphatic heterocycles. The molecule has 0 amide bonds. The van der Waals surface area contributed by atoms with Gasteiger partial charge in [-0.15, -0.1) is 0 Å². The first-order valence-electron chi connectivity index (χ1n) is 4.08. The molecule has 0 aliphatic carbocycles. The molecule has 0 fully saturated rings. The van der Waals surface area contributed by atoms with Crippen molar-refractivity contribution in [2.24, 2.45) is 10.8 Å². The molecule has 1 aromatic carbocycles. The monoisotopic (exact) mass is 244 g/mol. The Labute approximate surface area is 97.8 Å². The summed E-state index contributed by atoms with van der Waals surface area (Å²) in [6.45, 7) is 0. The summed E-state index contributed by atoms with van der Waals surface area (Å²) >= 11 is 11.8. The van der Waals surface area contributed by atoms with E-state index in [-0.39, 0.29) is 5.96 Å². The van der Waals surface area contributed by atoms with Crippen LogP contribution in [-0.4, -0.2) is 24.2 Å². The molecule has 80 valence electrons. The van der Waals surface area contributed by atoms with Gasteiger partial charge in [0.05, 0.1) is 16.3 Å². The van der Waals surface area contributed by atoms with Gasteiger partial charge in [0.25, 0.3) is 0 Å². The van der Waals surface area contributed by atoms with Crippen LogP contribution in [0.4, 0.5) is 0 Å². The smallest absolute Gasteiger partial charge is 0.208 e. The SMILES string of the molecule is CN(/N=C/c1c(Cl)cccc1Cl)C(=N)N. The van der Waals surface area contributed by atoms with Crippen molar-refractivity contribution in [1.29, 1.82) is 5.41 Å². The van der Waals surface area contributed by atoms with E-state index >= 15 is 0 Å². The third kappa shape index (κ3) is 3.11. The number of hydrogen-bond donors (Lipinski definition) is 2. The number of nitrogens with one attached hydrogen (secondary N) is 1. The van der Waals surface area contributed by atoms with Crippen molar-refractivity contribution in [3.8, 4) is 0 Å². The fraction of sp³-hybridized carbons (Fsp3) is 0.111.